The monoisotopic (exact) mass is 507 g/mol. The van der Waals surface area contributed by atoms with Crippen molar-refractivity contribution in [3.63, 3.8) is 0 Å². The number of carbonyl (C=O) groups is 2. The van der Waals surface area contributed by atoms with Crippen LogP contribution in [-0.2, 0) is 22.6 Å². The maximum atomic E-state index is 13.1. The Kier molecular flexibility index (Phi) is 7.67. The molecule has 2 aliphatic rings. The van der Waals surface area contributed by atoms with Crippen LogP contribution in [0, 0.1) is 5.92 Å². The summed E-state index contributed by atoms with van der Waals surface area (Å²) in [7, 11) is 0. The van der Waals surface area contributed by atoms with Gasteiger partial charge >= 0.3 is 0 Å². The van der Waals surface area contributed by atoms with E-state index >= 15 is 0 Å². The Morgan fingerprint density at radius 1 is 1.14 bits per heavy atom. The van der Waals surface area contributed by atoms with Crippen molar-refractivity contribution >= 4 is 34.0 Å². The van der Waals surface area contributed by atoms with Gasteiger partial charge in [-0.1, -0.05) is 12.1 Å². The topological polar surface area (TPSA) is 88.5 Å². The molecule has 1 atom stereocenters. The fourth-order valence-corrected chi connectivity index (χ4v) is 5.81. The number of anilines is 2. The van der Waals surface area contributed by atoms with Crippen LogP contribution in [0.25, 0.3) is 0 Å². The molecule has 36 heavy (non-hydrogen) atoms. The van der Waals surface area contributed by atoms with E-state index < -0.39 is 0 Å². The second kappa shape index (κ2) is 11.3. The van der Waals surface area contributed by atoms with Crippen LogP contribution in [0.5, 0.6) is 0 Å². The number of aromatic nitrogens is 2. The summed E-state index contributed by atoms with van der Waals surface area (Å²) >= 11 is 1.48. The van der Waals surface area contributed by atoms with E-state index in [0.29, 0.717) is 23.3 Å². The lowest BCUT2D eigenvalue weighted by molar-refractivity contribution is -0.119. The summed E-state index contributed by atoms with van der Waals surface area (Å²) in [5.74, 6) is 0.389. The smallest absolute Gasteiger partial charge is 0.274 e. The molecule has 2 saturated heterocycles. The predicted molar refractivity (Wildman–Crippen MR) is 141 cm³/mol. The molecule has 8 nitrogen and oxygen atoms in total. The summed E-state index contributed by atoms with van der Waals surface area (Å²) in [6.45, 7) is 5.46. The van der Waals surface area contributed by atoms with E-state index in [1.165, 1.54) is 18.3 Å². The van der Waals surface area contributed by atoms with E-state index in [-0.39, 0.29) is 17.9 Å². The number of nitrogens with zero attached hydrogens (tertiary/aromatic N) is 3. The van der Waals surface area contributed by atoms with Gasteiger partial charge in [-0.25, -0.2) is 4.98 Å². The average Bonchev–Trinajstić information content (AvgIpc) is 3.65. The molecule has 0 radical (unpaired) electrons. The number of thiazole rings is 1. The summed E-state index contributed by atoms with van der Waals surface area (Å²) in [6, 6.07) is 12.3. The van der Waals surface area contributed by atoms with Crippen LogP contribution >= 0.6 is 11.3 Å². The highest BCUT2D eigenvalue weighted by Gasteiger charge is 2.28. The lowest BCUT2D eigenvalue weighted by Gasteiger charge is -2.26. The van der Waals surface area contributed by atoms with Gasteiger partial charge in [0.2, 0.25) is 5.91 Å². The largest absolute Gasteiger partial charge is 0.381 e. The van der Waals surface area contributed by atoms with Crippen LogP contribution < -0.4 is 15.5 Å². The van der Waals surface area contributed by atoms with Crippen molar-refractivity contribution < 1.29 is 14.3 Å². The summed E-state index contributed by atoms with van der Waals surface area (Å²) in [5, 5.41) is 8.55. The normalized spacial score (nSPS) is 18.4. The number of hydrogen-bond acceptors (Lipinski definition) is 6. The number of nitrogens with one attached hydrogen (secondary N) is 2. The zero-order valence-electron chi connectivity index (χ0n) is 20.6. The minimum Gasteiger partial charge on any atom is -0.381 e. The molecule has 2 amide bonds. The van der Waals surface area contributed by atoms with Crippen LogP contribution in [0.2, 0.25) is 0 Å². The summed E-state index contributed by atoms with van der Waals surface area (Å²) in [6.07, 6.45) is 6.17. The standard InChI is InChI=1S/C27H33N5O3S/c1-19(33)28-16-20-6-8-22(9-7-20)32-13-3-4-24(32)23-18-36-27(29-23)30-26(34)25-5-2-12-31(25)17-21-10-14-35-15-11-21/h2,5-9,12,18,21,24H,3-4,10-11,13-17H2,1H3,(H,28,33)(H,29,30,34)/t24-/m1/s1. The molecule has 2 aliphatic heterocycles. The van der Waals surface area contributed by atoms with Gasteiger partial charge in [0.1, 0.15) is 5.69 Å². The van der Waals surface area contributed by atoms with E-state index in [9.17, 15) is 9.59 Å². The van der Waals surface area contributed by atoms with E-state index in [0.717, 1.165) is 68.9 Å². The van der Waals surface area contributed by atoms with Crippen LogP contribution in [-0.4, -0.2) is 41.1 Å². The molecule has 0 saturated carbocycles. The Hall–Kier alpha value is -3.17. The zero-order valence-corrected chi connectivity index (χ0v) is 21.4. The van der Waals surface area contributed by atoms with Gasteiger partial charge in [0, 0.05) is 57.0 Å². The molecular weight excluding hydrogens is 474 g/mol. The van der Waals surface area contributed by atoms with E-state index in [1.54, 1.807) is 0 Å². The third-order valence-electron chi connectivity index (χ3n) is 7.00. The van der Waals surface area contributed by atoms with Crippen molar-refractivity contribution in [1.29, 1.82) is 0 Å². The Morgan fingerprint density at radius 2 is 1.94 bits per heavy atom. The first-order valence-corrected chi connectivity index (χ1v) is 13.5. The number of ether oxygens (including phenoxy) is 1. The van der Waals surface area contributed by atoms with Crippen molar-refractivity contribution in [3.05, 3.63) is 64.9 Å². The second-order valence-corrected chi connectivity index (χ2v) is 10.4. The third-order valence-corrected chi connectivity index (χ3v) is 7.78. The molecule has 4 heterocycles. The Labute approximate surface area is 215 Å². The molecular formula is C27H33N5O3S. The van der Waals surface area contributed by atoms with Gasteiger partial charge in [0.05, 0.1) is 11.7 Å². The first kappa shape index (κ1) is 24.5. The second-order valence-electron chi connectivity index (χ2n) is 9.56. The van der Waals surface area contributed by atoms with Crippen molar-refractivity contribution in [2.24, 2.45) is 5.92 Å². The van der Waals surface area contributed by atoms with Gasteiger partial charge in [0.25, 0.3) is 5.91 Å². The number of rotatable bonds is 8. The molecule has 2 N–H and O–H groups in total. The highest BCUT2D eigenvalue weighted by atomic mass is 32.1. The van der Waals surface area contributed by atoms with Crippen molar-refractivity contribution in [1.82, 2.24) is 14.9 Å². The molecule has 1 aromatic carbocycles. The van der Waals surface area contributed by atoms with Gasteiger partial charge in [-0.05, 0) is 61.4 Å². The summed E-state index contributed by atoms with van der Waals surface area (Å²) < 4.78 is 7.52. The number of carbonyl (C=O) groups excluding carboxylic acids is 2. The maximum Gasteiger partial charge on any atom is 0.274 e. The fourth-order valence-electron chi connectivity index (χ4n) is 5.06. The van der Waals surface area contributed by atoms with Gasteiger partial charge in [-0.2, -0.15) is 0 Å². The fraction of sp³-hybridized carbons (Fsp3) is 0.444. The SMILES string of the molecule is CC(=O)NCc1ccc(N2CCC[C@@H]2c2csc(NC(=O)c3cccn3CC3CCOCC3)n2)cc1. The maximum absolute atomic E-state index is 13.1. The van der Waals surface area contributed by atoms with Gasteiger partial charge in [-0.15, -0.1) is 11.3 Å². The molecule has 9 heteroatoms. The zero-order chi connectivity index (χ0) is 24.9. The molecule has 3 aromatic rings. The number of amides is 2. The molecule has 0 unspecified atom stereocenters. The molecule has 0 aliphatic carbocycles. The minimum atomic E-state index is -0.119. The minimum absolute atomic E-state index is 0.0300. The Balaban J connectivity index is 1.22. The molecule has 2 fully saturated rings. The number of benzene rings is 1. The van der Waals surface area contributed by atoms with Crippen molar-refractivity contribution in [2.45, 2.75) is 51.7 Å². The van der Waals surface area contributed by atoms with Gasteiger partial charge in [-0.3, -0.25) is 14.9 Å². The van der Waals surface area contributed by atoms with Gasteiger partial charge < -0.3 is 19.5 Å². The van der Waals surface area contributed by atoms with Crippen LogP contribution in [0.4, 0.5) is 10.8 Å². The average molecular weight is 508 g/mol. The van der Waals surface area contributed by atoms with E-state index in [2.05, 4.69) is 45.2 Å². The first-order valence-electron chi connectivity index (χ1n) is 12.7. The molecule has 2 aromatic heterocycles. The van der Waals surface area contributed by atoms with E-state index in [4.69, 9.17) is 9.72 Å². The number of hydrogen-bond donors (Lipinski definition) is 2. The first-order chi connectivity index (χ1) is 17.6. The highest BCUT2D eigenvalue weighted by molar-refractivity contribution is 7.14. The van der Waals surface area contributed by atoms with Gasteiger partial charge in [0.15, 0.2) is 5.13 Å². The van der Waals surface area contributed by atoms with E-state index in [1.807, 2.05) is 22.9 Å². The summed E-state index contributed by atoms with van der Waals surface area (Å²) in [5.41, 5.74) is 3.88. The third kappa shape index (κ3) is 5.79. The molecule has 0 bridgehead atoms. The molecule has 0 spiro atoms. The Bertz CT molecular complexity index is 1180. The Morgan fingerprint density at radius 3 is 2.72 bits per heavy atom. The lowest BCUT2D eigenvalue weighted by Crippen LogP contribution is -2.24. The highest BCUT2D eigenvalue weighted by Crippen LogP contribution is 2.37. The quantitative estimate of drug-likeness (QED) is 0.465. The van der Waals surface area contributed by atoms with Crippen LogP contribution in [0.15, 0.2) is 48.0 Å². The van der Waals surface area contributed by atoms with Crippen LogP contribution in [0.3, 0.4) is 0 Å². The van der Waals surface area contributed by atoms with Crippen LogP contribution in [0.1, 0.15) is 60.4 Å². The molecule has 5 rings (SSSR count). The summed E-state index contributed by atoms with van der Waals surface area (Å²) in [4.78, 5) is 31.4. The van der Waals surface area contributed by atoms with Crippen molar-refractivity contribution in [3.8, 4) is 0 Å². The predicted octanol–water partition coefficient (Wildman–Crippen LogP) is 4.60. The van der Waals surface area contributed by atoms with Crippen molar-refractivity contribution in [2.75, 3.05) is 30.0 Å². The molecule has 190 valence electrons. The lowest BCUT2D eigenvalue weighted by atomic mass is 10.0.